The summed E-state index contributed by atoms with van der Waals surface area (Å²) in [6, 6.07) is 14.3. The van der Waals surface area contributed by atoms with Crippen LogP contribution in [0.25, 0.3) is 0 Å². The third-order valence-corrected chi connectivity index (χ3v) is 4.62. The van der Waals surface area contributed by atoms with E-state index in [9.17, 15) is 4.39 Å². The predicted octanol–water partition coefficient (Wildman–Crippen LogP) is 4.13. The molecule has 0 saturated heterocycles. The van der Waals surface area contributed by atoms with E-state index in [1.807, 2.05) is 30.3 Å². The van der Waals surface area contributed by atoms with Crippen molar-refractivity contribution >= 4 is 35.6 Å². The lowest BCUT2D eigenvalue weighted by atomic mass is 10.1. The van der Waals surface area contributed by atoms with Gasteiger partial charge in [-0.25, -0.2) is 9.38 Å². The number of ether oxygens (including phenoxy) is 2. The Hall–Kier alpha value is -2.82. The molecule has 3 aromatic rings. The molecule has 0 unspecified atom stereocenters. The van der Waals surface area contributed by atoms with Crippen molar-refractivity contribution in [2.24, 2.45) is 4.99 Å². The molecule has 2 heterocycles. The molecule has 0 bridgehead atoms. The number of nitrogens with one attached hydrogen (secondary N) is 3. The molecule has 7 nitrogen and oxygen atoms in total. The van der Waals surface area contributed by atoms with Crippen molar-refractivity contribution in [1.29, 1.82) is 0 Å². The number of benzene rings is 2. The second kappa shape index (κ2) is 11.5. The zero-order valence-electron chi connectivity index (χ0n) is 16.9. The van der Waals surface area contributed by atoms with Gasteiger partial charge in [-0.2, -0.15) is 5.10 Å². The van der Waals surface area contributed by atoms with Crippen LogP contribution in [0.2, 0.25) is 0 Å². The van der Waals surface area contributed by atoms with Crippen LogP contribution in [0.4, 0.5) is 10.1 Å². The fourth-order valence-electron chi connectivity index (χ4n) is 3.07. The van der Waals surface area contributed by atoms with Gasteiger partial charge in [-0.1, -0.05) is 18.2 Å². The van der Waals surface area contributed by atoms with E-state index in [4.69, 9.17) is 9.47 Å². The number of guanidine groups is 1. The Kier molecular flexibility index (Phi) is 8.51. The minimum atomic E-state index is -0.203. The number of aliphatic imine (C=N–C) groups is 1. The molecule has 1 aliphatic heterocycles. The summed E-state index contributed by atoms with van der Waals surface area (Å²) in [5.74, 6) is 1.82. The van der Waals surface area contributed by atoms with Gasteiger partial charge in [0, 0.05) is 30.9 Å². The maximum atomic E-state index is 13.9. The Morgan fingerprint density at radius 1 is 1.10 bits per heavy atom. The van der Waals surface area contributed by atoms with E-state index in [1.165, 1.54) is 6.07 Å². The minimum absolute atomic E-state index is 0. The topological polar surface area (TPSA) is 83.6 Å². The summed E-state index contributed by atoms with van der Waals surface area (Å²) in [4.78, 5) is 4.60. The zero-order valence-corrected chi connectivity index (χ0v) is 19.3. The number of nitrogens with zero attached hydrogens (tertiary/aromatic N) is 2. The van der Waals surface area contributed by atoms with Crippen LogP contribution in [0.15, 0.2) is 59.7 Å². The molecule has 0 amide bonds. The number of hydrogen-bond donors (Lipinski definition) is 3. The second-order valence-electron chi connectivity index (χ2n) is 6.85. The zero-order chi connectivity index (χ0) is 20.6. The fourth-order valence-corrected chi connectivity index (χ4v) is 3.07. The van der Waals surface area contributed by atoms with Crippen molar-refractivity contribution in [3.05, 3.63) is 71.8 Å². The highest BCUT2D eigenvalue weighted by Gasteiger charge is 2.11. The van der Waals surface area contributed by atoms with E-state index < -0.39 is 0 Å². The first-order valence-corrected chi connectivity index (χ1v) is 9.94. The highest BCUT2D eigenvalue weighted by atomic mass is 127. The van der Waals surface area contributed by atoms with Gasteiger partial charge in [-0.05, 0) is 36.2 Å². The van der Waals surface area contributed by atoms with Crippen LogP contribution in [0.5, 0.6) is 11.5 Å². The van der Waals surface area contributed by atoms with E-state index in [-0.39, 0.29) is 29.8 Å². The summed E-state index contributed by atoms with van der Waals surface area (Å²) < 4.78 is 25.3. The van der Waals surface area contributed by atoms with Gasteiger partial charge in [-0.15, -0.1) is 24.0 Å². The molecular formula is C22H25FIN5O2. The van der Waals surface area contributed by atoms with E-state index in [0.717, 1.165) is 23.6 Å². The summed E-state index contributed by atoms with van der Waals surface area (Å²) >= 11 is 0. The first kappa shape index (κ1) is 22.9. The third kappa shape index (κ3) is 6.58. The average molecular weight is 537 g/mol. The normalized spacial score (nSPS) is 13.1. The fraction of sp³-hybridized carbons (Fsp3) is 0.273. The van der Waals surface area contributed by atoms with Gasteiger partial charge in [0.05, 0.1) is 25.5 Å². The van der Waals surface area contributed by atoms with Crippen LogP contribution in [0.3, 0.4) is 0 Å². The van der Waals surface area contributed by atoms with Crippen LogP contribution in [0.1, 0.15) is 17.7 Å². The third-order valence-electron chi connectivity index (χ3n) is 4.62. The molecule has 0 aliphatic carbocycles. The first-order chi connectivity index (χ1) is 14.8. The van der Waals surface area contributed by atoms with Crippen LogP contribution >= 0.6 is 24.0 Å². The molecular weight excluding hydrogens is 512 g/mol. The van der Waals surface area contributed by atoms with Crippen molar-refractivity contribution in [2.45, 2.75) is 19.4 Å². The SMILES string of the molecule is Fc1ccccc1CCNC(=NCc1ccn[nH]1)Nc1ccc2c(c1)OCCCO2.I. The number of hydrogen-bond acceptors (Lipinski definition) is 4. The Morgan fingerprint density at radius 3 is 2.74 bits per heavy atom. The molecule has 31 heavy (non-hydrogen) atoms. The smallest absolute Gasteiger partial charge is 0.196 e. The van der Waals surface area contributed by atoms with Gasteiger partial charge in [0.2, 0.25) is 0 Å². The van der Waals surface area contributed by atoms with Crippen LogP contribution in [0, 0.1) is 5.82 Å². The molecule has 0 fully saturated rings. The van der Waals surface area contributed by atoms with E-state index >= 15 is 0 Å². The highest BCUT2D eigenvalue weighted by molar-refractivity contribution is 14.0. The number of anilines is 1. The van der Waals surface area contributed by atoms with Crippen LogP contribution < -0.4 is 20.1 Å². The lowest BCUT2D eigenvalue weighted by Gasteiger charge is -2.15. The standard InChI is InChI=1S/C22H24FN5O2.HI/c23-19-5-2-1-4-16(19)8-10-24-22(25-15-18-9-11-26-28-18)27-17-6-7-20-21(14-17)30-13-3-12-29-20;/h1-2,4-7,9,11,14H,3,8,10,12-13,15H2,(H,26,28)(H2,24,25,27);1H. The summed E-state index contributed by atoms with van der Waals surface area (Å²) in [6.07, 6.45) is 3.08. The maximum Gasteiger partial charge on any atom is 0.196 e. The van der Waals surface area contributed by atoms with Gasteiger partial charge < -0.3 is 20.1 Å². The number of aromatic nitrogens is 2. The highest BCUT2D eigenvalue weighted by Crippen LogP contribution is 2.32. The molecule has 9 heteroatoms. The quantitative estimate of drug-likeness (QED) is 0.250. The Morgan fingerprint density at radius 2 is 1.94 bits per heavy atom. The Labute approximate surface area is 197 Å². The molecule has 164 valence electrons. The van der Waals surface area contributed by atoms with Crippen molar-refractivity contribution in [3.63, 3.8) is 0 Å². The van der Waals surface area contributed by atoms with Crippen molar-refractivity contribution in [3.8, 4) is 11.5 Å². The Balaban J connectivity index is 0.00000272. The van der Waals surface area contributed by atoms with Crippen molar-refractivity contribution < 1.29 is 13.9 Å². The van der Waals surface area contributed by atoms with Gasteiger partial charge in [0.25, 0.3) is 0 Å². The molecule has 2 aromatic carbocycles. The largest absolute Gasteiger partial charge is 0.490 e. The Bertz CT molecular complexity index is 997. The number of aromatic amines is 1. The van der Waals surface area contributed by atoms with Gasteiger partial charge in [0.15, 0.2) is 17.5 Å². The van der Waals surface area contributed by atoms with E-state index in [1.54, 1.807) is 18.3 Å². The second-order valence-corrected chi connectivity index (χ2v) is 6.85. The van der Waals surface area contributed by atoms with Gasteiger partial charge >= 0.3 is 0 Å². The van der Waals surface area contributed by atoms with E-state index in [2.05, 4.69) is 25.8 Å². The van der Waals surface area contributed by atoms with E-state index in [0.29, 0.717) is 50.0 Å². The summed E-state index contributed by atoms with van der Waals surface area (Å²) in [5.41, 5.74) is 2.37. The predicted molar refractivity (Wildman–Crippen MR) is 129 cm³/mol. The number of H-pyrrole nitrogens is 1. The molecule has 1 aliphatic rings. The van der Waals surface area contributed by atoms with Gasteiger partial charge in [0.1, 0.15) is 5.82 Å². The van der Waals surface area contributed by atoms with Crippen LogP contribution in [-0.2, 0) is 13.0 Å². The summed E-state index contributed by atoms with van der Waals surface area (Å²) in [5, 5.41) is 13.4. The lowest BCUT2D eigenvalue weighted by molar-refractivity contribution is 0.297. The molecule has 1 aromatic heterocycles. The maximum absolute atomic E-state index is 13.9. The molecule has 4 rings (SSSR count). The molecule has 3 N–H and O–H groups in total. The number of halogens is 2. The monoisotopic (exact) mass is 537 g/mol. The minimum Gasteiger partial charge on any atom is -0.490 e. The van der Waals surface area contributed by atoms with Gasteiger partial charge in [-0.3, -0.25) is 5.10 Å². The number of rotatable bonds is 6. The summed E-state index contributed by atoms with van der Waals surface area (Å²) in [6.45, 7) is 2.23. The average Bonchev–Trinajstić information content (AvgIpc) is 3.17. The summed E-state index contributed by atoms with van der Waals surface area (Å²) in [7, 11) is 0. The van der Waals surface area contributed by atoms with Crippen LogP contribution in [-0.4, -0.2) is 35.9 Å². The number of fused-ring (bicyclic) bond motifs is 1. The van der Waals surface area contributed by atoms with Crippen molar-refractivity contribution in [2.75, 3.05) is 25.1 Å². The molecule has 0 spiro atoms. The molecule has 0 atom stereocenters. The van der Waals surface area contributed by atoms with Crippen molar-refractivity contribution in [1.82, 2.24) is 15.5 Å². The molecule has 0 radical (unpaired) electrons. The lowest BCUT2D eigenvalue weighted by Crippen LogP contribution is -2.32. The molecule has 0 saturated carbocycles. The first-order valence-electron chi connectivity index (χ1n) is 9.94.